The molecule has 0 saturated heterocycles. The molecule has 0 radical (unpaired) electrons. The van der Waals surface area contributed by atoms with Gasteiger partial charge in [0, 0.05) is 28.3 Å². The van der Waals surface area contributed by atoms with Crippen molar-refractivity contribution in [3.8, 4) is 0 Å². The third-order valence-electron chi connectivity index (χ3n) is 4.57. The second-order valence-corrected chi connectivity index (χ2v) is 8.43. The highest BCUT2D eigenvalue weighted by molar-refractivity contribution is 7.98. The number of benzene rings is 2. The van der Waals surface area contributed by atoms with E-state index >= 15 is 0 Å². The molecule has 2 aliphatic rings. The van der Waals surface area contributed by atoms with E-state index in [1.807, 2.05) is 12.1 Å². The molecule has 0 bridgehead atoms. The van der Waals surface area contributed by atoms with E-state index in [2.05, 4.69) is 49.9 Å². The zero-order chi connectivity index (χ0) is 19.1. The van der Waals surface area contributed by atoms with Crippen molar-refractivity contribution in [3.05, 3.63) is 68.5 Å². The quantitative estimate of drug-likeness (QED) is 0.473. The number of nitrogens with zero attached hydrogens (tertiary/aromatic N) is 1. The smallest absolute Gasteiger partial charge is 0.103 e. The van der Waals surface area contributed by atoms with Crippen LogP contribution in [-0.4, -0.2) is 35.1 Å². The Morgan fingerprint density at radius 3 is 2.00 bits per heavy atom. The average molecular weight is 412 g/mol. The predicted molar refractivity (Wildman–Crippen MR) is 115 cm³/mol. The van der Waals surface area contributed by atoms with Crippen LogP contribution < -0.4 is 0 Å². The molecule has 0 fully saturated rings. The van der Waals surface area contributed by atoms with Gasteiger partial charge in [0.05, 0.1) is 0 Å². The highest BCUT2D eigenvalue weighted by Gasteiger charge is 2.17. The normalized spacial score (nSPS) is 13.8. The lowest BCUT2D eigenvalue weighted by atomic mass is 10.1. The summed E-state index contributed by atoms with van der Waals surface area (Å²) in [6, 6.07) is 14.0. The van der Waals surface area contributed by atoms with E-state index in [4.69, 9.17) is 23.2 Å². The van der Waals surface area contributed by atoms with Crippen LogP contribution in [0.5, 0.6) is 0 Å². The van der Waals surface area contributed by atoms with Crippen LogP contribution in [0.2, 0.25) is 10.0 Å². The first-order chi connectivity index (χ1) is 12.4. The topological polar surface area (TPSA) is 23.5 Å². The van der Waals surface area contributed by atoms with Crippen molar-refractivity contribution < 1.29 is 5.11 Å². The molecule has 2 atom stereocenters. The number of aliphatic hydroxyl groups excluding tert-OH is 1. The zero-order valence-corrected chi connectivity index (χ0v) is 17.9. The van der Waals surface area contributed by atoms with E-state index in [0.717, 1.165) is 25.2 Å². The second-order valence-electron chi connectivity index (χ2n) is 6.48. The third kappa shape index (κ3) is 6.17. The standard InChI is InChI=1S/C15H23Cl2NOS.C6H4/c1-4-18(5-2)9-11(3)15(19)20-10-12-6-7-13(16)8-14(12)17;1-2-6-4-3-5(1)6/h6-8,11,15,19H,4-5,9-10H2,1-3H3;1-4H. The van der Waals surface area contributed by atoms with Crippen molar-refractivity contribution in [1.29, 1.82) is 0 Å². The Kier molecular flexibility index (Phi) is 8.78. The van der Waals surface area contributed by atoms with Crippen molar-refractivity contribution in [3.63, 3.8) is 0 Å². The number of hydrogen-bond donors (Lipinski definition) is 1. The van der Waals surface area contributed by atoms with Gasteiger partial charge in [0.25, 0.3) is 0 Å². The minimum atomic E-state index is -0.387. The van der Waals surface area contributed by atoms with Crippen LogP contribution in [0.4, 0.5) is 0 Å². The lowest BCUT2D eigenvalue weighted by Gasteiger charge is -2.25. The van der Waals surface area contributed by atoms with E-state index < -0.39 is 0 Å². The Balaban J connectivity index is 0.000000331. The molecular weight excluding hydrogens is 385 g/mol. The molecule has 2 nitrogen and oxygen atoms in total. The summed E-state index contributed by atoms with van der Waals surface area (Å²) in [7, 11) is 0. The number of aliphatic hydroxyl groups is 1. The van der Waals surface area contributed by atoms with E-state index in [1.54, 1.807) is 6.07 Å². The van der Waals surface area contributed by atoms with Crippen molar-refractivity contribution in [2.24, 2.45) is 5.92 Å². The maximum atomic E-state index is 10.2. The van der Waals surface area contributed by atoms with Crippen molar-refractivity contribution >= 4 is 35.0 Å². The fourth-order valence-corrected chi connectivity index (χ4v) is 4.19. The van der Waals surface area contributed by atoms with Gasteiger partial charge in [-0.05, 0) is 41.2 Å². The van der Waals surface area contributed by atoms with Crippen LogP contribution in [-0.2, 0) is 5.75 Å². The minimum Gasteiger partial charge on any atom is -0.382 e. The maximum Gasteiger partial charge on any atom is 0.103 e. The molecule has 0 saturated carbocycles. The Bertz CT molecular complexity index is 745. The lowest BCUT2D eigenvalue weighted by Crippen LogP contribution is -2.32. The Labute approximate surface area is 170 Å². The molecule has 0 aromatic heterocycles. The van der Waals surface area contributed by atoms with Gasteiger partial charge >= 0.3 is 0 Å². The number of thioether (sulfide) groups is 1. The van der Waals surface area contributed by atoms with Crippen molar-refractivity contribution in [1.82, 2.24) is 4.90 Å². The van der Waals surface area contributed by atoms with E-state index in [9.17, 15) is 5.11 Å². The molecular formula is C21H27Cl2NOS. The molecule has 5 heteroatoms. The first kappa shape index (κ1) is 21.6. The lowest BCUT2D eigenvalue weighted by molar-refractivity contribution is 0.157. The van der Waals surface area contributed by atoms with E-state index in [1.165, 1.54) is 22.2 Å². The summed E-state index contributed by atoms with van der Waals surface area (Å²) >= 11 is 13.5. The van der Waals surface area contributed by atoms with E-state index in [0.29, 0.717) is 15.8 Å². The summed E-state index contributed by atoms with van der Waals surface area (Å²) < 4.78 is 0. The monoisotopic (exact) mass is 411 g/mol. The van der Waals surface area contributed by atoms with Crippen molar-refractivity contribution in [2.75, 3.05) is 19.6 Å². The van der Waals surface area contributed by atoms with Gasteiger partial charge in [0.1, 0.15) is 5.44 Å². The summed E-state index contributed by atoms with van der Waals surface area (Å²) in [5, 5.41) is 14.4. The van der Waals surface area contributed by atoms with Gasteiger partial charge in [-0.2, -0.15) is 0 Å². The SMILES string of the molecule is CCN(CC)CC(C)C(O)SCc1ccc(Cl)cc1Cl.c1cc2ccc1=2. The fourth-order valence-electron chi connectivity index (χ4n) is 2.62. The van der Waals surface area contributed by atoms with E-state index in [-0.39, 0.29) is 11.4 Å². The van der Waals surface area contributed by atoms with Crippen LogP contribution in [0.25, 0.3) is 0 Å². The van der Waals surface area contributed by atoms with Crippen molar-refractivity contribution in [2.45, 2.75) is 32.0 Å². The Hall–Kier alpha value is -0.710. The molecule has 3 rings (SSSR count). The van der Waals surface area contributed by atoms with Gasteiger partial charge in [-0.25, -0.2) is 0 Å². The van der Waals surface area contributed by atoms with Gasteiger partial charge < -0.3 is 10.0 Å². The molecule has 2 unspecified atom stereocenters. The van der Waals surface area contributed by atoms with Gasteiger partial charge in [0.2, 0.25) is 0 Å². The molecule has 26 heavy (non-hydrogen) atoms. The van der Waals surface area contributed by atoms with Gasteiger partial charge in [-0.3, -0.25) is 0 Å². The molecule has 0 heterocycles. The predicted octanol–water partition coefficient (Wildman–Crippen LogP) is 5.81. The number of halogens is 2. The van der Waals surface area contributed by atoms with Gasteiger partial charge in [-0.1, -0.05) is 74.3 Å². The molecule has 1 aromatic carbocycles. The first-order valence-corrected chi connectivity index (χ1v) is 10.8. The average Bonchev–Trinajstić information content (AvgIpc) is 2.61. The van der Waals surface area contributed by atoms with Crippen LogP contribution in [0.15, 0.2) is 42.5 Å². The molecule has 0 amide bonds. The summed E-state index contributed by atoms with van der Waals surface area (Å²) in [6.45, 7) is 9.31. The zero-order valence-electron chi connectivity index (χ0n) is 15.6. The Morgan fingerprint density at radius 2 is 1.58 bits per heavy atom. The van der Waals surface area contributed by atoms with Crippen LogP contribution >= 0.6 is 35.0 Å². The third-order valence-corrected chi connectivity index (χ3v) is 6.44. The maximum absolute atomic E-state index is 10.2. The van der Waals surface area contributed by atoms with Crippen LogP contribution in [0, 0.1) is 16.4 Å². The molecule has 1 aromatic rings. The van der Waals surface area contributed by atoms with Gasteiger partial charge in [-0.15, -0.1) is 11.8 Å². The second kappa shape index (κ2) is 10.6. The summed E-state index contributed by atoms with van der Waals surface area (Å²) in [4.78, 5) is 2.32. The fraction of sp³-hybridized carbons (Fsp3) is 0.429. The molecule has 0 aliphatic heterocycles. The van der Waals surface area contributed by atoms with Crippen LogP contribution in [0.3, 0.4) is 0 Å². The molecule has 0 spiro atoms. The molecule has 2 aliphatic carbocycles. The summed E-state index contributed by atoms with van der Waals surface area (Å²) in [6.07, 6.45) is 0. The summed E-state index contributed by atoms with van der Waals surface area (Å²) in [5.74, 6) is 0.922. The van der Waals surface area contributed by atoms with Crippen LogP contribution in [0.1, 0.15) is 26.3 Å². The first-order valence-electron chi connectivity index (χ1n) is 9.01. The number of rotatable bonds is 8. The molecule has 142 valence electrons. The Morgan fingerprint density at radius 1 is 1.00 bits per heavy atom. The van der Waals surface area contributed by atoms with Gasteiger partial charge in [0.15, 0.2) is 0 Å². The summed E-state index contributed by atoms with van der Waals surface area (Å²) in [5.41, 5.74) is 0.623. The largest absolute Gasteiger partial charge is 0.382 e. The highest BCUT2D eigenvalue weighted by Crippen LogP contribution is 2.28. The number of hydrogen-bond acceptors (Lipinski definition) is 3. The minimum absolute atomic E-state index is 0.228. The molecule has 1 N–H and O–H groups in total. The highest BCUT2D eigenvalue weighted by atomic mass is 35.5.